The number of nitrogens with zero attached hydrogens (tertiary/aromatic N) is 1. The Morgan fingerprint density at radius 2 is 1.83 bits per heavy atom. The van der Waals surface area contributed by atoms with Crippen molar-refractivity contribution in [3.8, 4) is 0 Å². The van der Waals surface area contributed by atoms with Gasteiger partial charge in [0.05, 0.1) is 6.61 Å². The van der Waals surface area contributed by atoms with E-state index in [4.69, 9.17) is 4.74 Å². The number of aliphatic hydroxyl groups is 1. The van der Waals surface area contributed by atoms with Crippen LogP contribution >= 0.6 is 0 Å². The number of nitrogens with one attached hydrogen (secondary N) is 1. The second-order valence-corrected chi connectivity index (χ2v) is 6.38. The van der Waals surface area contributed by atoms with Crippen LogP contribution in [-0.4, -0.2) is 42.8 Å². The van der Waals surface area contributed by atoms with E-state index in [-0.39, 0.29) is 18.7 Å². The Morgan fingerprint density at radius 1 is 1.22 bits per heavy atom. The highest BCUT2D eigenvalue weighted by atomic mass is 16.5. The molecule has 128 valence electrons. The summed E-state index contributed by atoms with van der Waals surface area (Å²) in [5, 5.41) is 12.2. The molecule has 0 bridgehead atoms. The maximum atomic E-state index is 12.3. The number of amides is 2. The fourth-order valence-corrected chi connectivity index (χ4v) is 3.10. The first kappa shape index (κ1) is 17.8. The van der Waals surface area contributed by atoms with E-state index in [2.05, 4.69) is 5.32 Å². The summed E-state index contributed by atoms with van der Waals surface area (Å²) in [7, 11) is 3.54. The molecule has 0 saturated heterocycles. The zero-order valence-electron chi connectivity index (χ0n) is 14.1. The molecule has 2 rings (SSSR count). The van der Waals surface area contributed by atoms with Gasteiger partial charge in [0.25, 0.3) is 0 Å². The van der Waals surface area contributed by atoms with Crippen LogP contribution in [0.1, 0.15) is 36.8 Å². The minimum absolute atomic E-state index is 0.0292. The lowest BCUT2D eigenvalue weighted by Gasteiger charge is -2.34. The maximum Gasteiger partial charge on any atom is 0.317 e. The number of ether oxygens (including phenoxy) is 1. The van der Waals surface area contributed by atoms with Crippen molar-refractivity contribution in [3.05, 3.63) is 35.4 Å². The van der Waals surface area contributed by atoms with E-state index in [0.29, 0.717) is 19.1 Å². The fraction of sp³-hybridized carbons (Fsp3) is 0.611. The summed E-state index contributed by atoms with van der Waals surface area (Å²) in [5.41, 5.74) is 2.20. The highest BCUT2D eigenvalue weighted by Crippen LogP contribution is 2.26. The Kier molecular flexibility index (Phi) is 6.86. The van der Waals surface area contributed by atoms with Gasteiger partial charge in [0, 0.05) is 33.4 Å². The number of benzene rings is 1. The third kappa shape index (κ3) is 5.22. The summed E-state index contributed by atoms with van der Waals surface area (Å²) < 4.78 is 5.09. The lowest BCUT2D eigenvalue weighted by molar-refractivity contribution is 0.134. The minimum atomic E-state index is -0.0292. The van der Waals surface area contributed by atoms with Crippen LogP contribution in [0, 0.1) is 5.92 Å². The van der Waals surface area contributed by atoms with Crippen molar-refractivity contribution in [2.24, 2.45) is 5.92 Å². The van der Waals surface area contributed by atoms with Gasteiger partial charge in [0.1, 0.15) is 0 Å². The standard InChI is InChI=1S/C18H28N2O3/c1-20(17-9-7-15(12-21)8-10-17)18(22)19-11-14-3-5-16(6-4-14)13-23-2/h3-6,15,17,21H,7-13H2,1-2H3,(H,19,22). The molecule has 5 nitrogen and oxygen atoms in total. The first-order valence-electron chi connectivity index (χ1n) is 8.32. The summed E-state index contributed by atoms with van der Waals surface area (Å²) in [6.45, 7) is 1.40. The van der Waals surface area contributed by atoms with E-state index in [9.17, 15) is 9.90 Å². The molecular formula is C18H28N2O3. The molecule has 23 heavy (non-hydrogen) atoms. The molecule has 0 aromatic heterocycles. The molecule has 0 atom stereocenters. The van der Waals surface area contributed by atoms with Crippen LogP contribution < -0.4 is 5.32 Å². The van der Waals surface area contributed by atoms with Gasteiger partial charge < -0.3 is 20.1 Å². The summed E-state index contributed by atoms with van der Waals surface area (Å²) in [4.78, 5) is 14.1. The van der Waals surface area contributed by atoms with Gasteiger partial charge in [0.2, 0.25) is 0 Å². The number of methoxy groups -OCH3 is 1. The predicted octanol–water partition coefficient (Wildman–Crippen LogP) is 2.53. The van der Waals surface area contributed by atoms with Gasteiger partial charge in [-0.15, -0.1) is 0 Å². The highest BCUT2D eigenvalue weighted by Gasteiger charge is 2.25. The lowest BCUT2D eigenvalue weighted by atomic mass is 9.86. The molecule has 2 amide bonds. The smallest absolute Gasteiger partial charge is 0.317 e. The van der Waals surface area contributed by atoms with Gasteiger partial charge in [0.15, 0.2) is 0 Å². The zero-order valence-corrected chi connectivity index (χ0v) is 14.1. The van der Waals surface area contributed by atoms with Crippen LogP contribution in [-0.2, 0) is 17.9 Å². The molecule has 1 saturated carbocycles. The monoisotopic (exact) mass is 320 g/mol. The molecule has 1 aliphatic rings. The van der Waals surface area contributed by atoms with E-state index in [1.54, 1.807) is 7.11 Å². The summed E-state index contributed by atoms with van der Waals surface area (Å²) in [5.74, 6) is 0.410. The van der Waals surface area contributed by atoms with Crippen LogP contribution in [0.5, 0.6) is 0 Å². The molecule has 2 N–H and O–H groups in total. The number of carbonyl (C=O) groups excluding carboxylic acids is 1. The highest BCUT2D eigenvalue weighted by molar-refractivity contribution is 5.74. The normalized spacial score (nSPS) is 21.0. The average molecular weight is 320 g/mol. The van der Waals surface area contributed by atoms with Crippen LogP contribution in [0.15, 0.2) is 24.3 Å². The first-order valence-corrected chi connectivity index (χ1v) is 8.32. The van der Waals surface area contributed by atoms with Crippen molar-refractivity contribution in [2.45, 2.75) is 44.9 Å². The average Bonchev–Trinajstić information content (AvgIpc) is 2.60. The van der Waals surface area contributed by atoms with Gasteiger partial charge in [-0.3, -0.25) is 0 Å². The number of hydrogen-bond donors (Lipinski definition) is 2. The molecular weight excluding hydrogens is 292 g/mol. The lowest BCUT2D eigenvalue weighted by Crippen LogP contribution is -2.45. The third-order valence-corrected chi connectivity index (χ3v) is 4.72. The number of carbonyl (C=O) groups is 1. The van der Waals surface area contributed by atoms with Gasteiger partial charge in [-0.1, -0.05) is 24.3 Å². The molecule has 5 heteroatoms. The quantitative estimate of drug-likeness (QED) is 0.847. The van der Waals surface area contributed by atoms with E-state index in [1.165, 1.54) is 0 Å². The maximum absolute atomic E-state index is 12.3. The number of aliphatic hydroxyl groups excluding tert-OH is 1. The minimum Gasteiger partial charge on any atom is -0.396 e. The van der Waals surface area contributed by atoms with Crippen molar-refractivity contribution in [1.29, 1.82) is 0 Å². The summed E-state index contributed by atoms with van der Waals surface area (Å²) in [6.07, 6.45) is 3.95. The molecule has 0 radical (unpaired) electrons. The molecule has 1 fully saturated rings. The Bertz CT molecular complexity index is 482. The Morgan fingerprint density at radius 3 is 2.39 bits per heavy atom. The van der Waals surface area contributed by atoms with Crippen molar-refractivity contribution in [1.82, 2.24) is 10.2 Å². The molecule has 0 spiro atoms. The molecule has 1 aliphatic carbocycles. The number of rotatable bonds is 6. The van der Waals surface area contributed by atoms with Crippen LogP contribution in [0.3, 0.4) is 0 Å². The van der Waals surface area contributed by atoms with Gasteiger partial charge in [-0.2, -0.15) is 0 Å². The van der Waals surface area contributed by atoms with Crippen LogP contribution in [0.2, 0.25) is 0 Å². The van der Waals surface area contributed by atoms with Crippen molar-refractivity contribution in [2.75, 3.05) is 20.8 Å². The van der Waals surface area contributed by atoms with E-state index >= 15 is 0 Å². The predicted molar refractivity (Wildman–Crippen MR) is 90.0 cm³/mol. The van der Waals surface area contributed by atoms with E-state index in [0.717, 1.165) is 36.8 Å². The van der Waals surface area contributed by atoms with E-state index in [1.807, 2.05) is 36.2 Å². The van der Waals surface area contributed by atoms with Crippen LogP contribution in [0.4, 0.5) is 4.79 Å². The fourth-order valence-electron chi connectivity index (χ4n) is 3.10. The number of urea groups is 1. The van der Waals surface area contributed by atoms with Gasteiger partial charge in [-0.05, 0) is 42.7 Å². The molecule has 0 heterocycles. The molecule has 1 aromatic rings. The zero-order chi connectivity index (χ0) is 16.7. The molecule has 0 unspecified atom stereocenters. The largest absolute Gasteiger partial charge is 0.396 e. The van der Waals surface area contributed by atoms with Crippen molar-refractivity contribution >= 4 is 6.03 Å². The number of hydrogen-bond acceptors (Lipinski definition) is 3. The Hall–Kier alpha value is -1.59. The van der Waals surface area contributed by atoms with Crippen molar-refractivity contribution in [3.63, 3.8) is 0 Å². The third-order valence-electron chi connectivity index (χ3n) is 4.72. The Balaban J connectivity index is 1.77. The molecule has 1 aromatic carbocycles. The second kappa shape index (κ2) is 8.89. The molecule has 0 aliphatic heterocycles. The summed E-state index contributed by atoms with van der Waals surface area (Å²) >= 11 is 0. The topological polar surface area (TPSA) is 61.8 Å². The van der Waals surface area contributed by atoms with Gasteiger partial charge in [-0.25, -0.2) is 4.79 Å². The first-order chi connectivity index (χ1) is 11.1. The SMILES string of the molecule is COCc1ccc(CNC(=O)N(C)C2CCC(CO)CC2)cc1. The van der Waals surface area contributed by atoms with E-state index < -0.39 is 0 Å². The van der Waals surface area contributed by atoms with Crippen molar-refractivity contribution < 1.29 is 14.6 Å². The van der Waals surface area contributed by atoms with Gasteiger partial charge >= 0.3 is 6.03 Å². The second-order valence-electron chi connectivity index (χ2n) is 6.38. The summed E-state index contributed by atoms with van der Waals surface area (Å²) in [6, 6.07) is 8.32. The van der Waals surface area contributed by atoms with Crippen LogP contribution in [0.25, 0.3) is 0 Å². The Labute approximate surface area is 138 Å².